The van der Waals surface area contributed by atoms with Crippen molar-refractivity contribution in [3.63, 3.8) is 0 Å². The van der Waals surface area contributed by atoms with Crippen LogP contribution in [0.15, 0.2) is 28.8 Å². The van der Waals surface area contributed by atoms with Gasteiger partial charge in [-0.25, -0.2) is 9.78 Å². The SMILES string of the molecule is CC(C)(C)OC(=O)N1CCC[C@H]1c1cc2cccnc2o1. The maximum Gasteiger partial charge on any atom is 0.410 e. The van der Waals surface area contributed by atoms with Gasteiger partial charge in [0.25, 0.3) is 0 Å². The van der Waals surface area contributed by atoms with Crippen LogP contribution in [0, 0.1) is 0 Å². The lowest BCUT2D eigenvalue weighted by atomic mass is 10.1. The third-order valence-electron chi connectivity index (χ3n) is 3.52. The molecule has 0 saturated carbocycles. The van der Waals surface area contributed by atoms with Gasteiger partial charge in [0.1, 0.15) is 11.4 Å². The van der Waals surface area contributed by atoms with Crippen LogP contribution < -0.4 is 0 Å². The van der Waals surface area contributed by atoms with Crippen molar-refractivity contribution in [2.24, 2.45) is 0 Å². The van der Waals surface area contributed by atoms with E-state index in [4.69, 9.17) is 9.15 Å². The summed E-state index contributed by atoms with van der Waals surface area (Å²) in [5, 5.41) is 0.962. The molecule has 0 radical (unpaired) electrons. The molecule has 112 valence electrons. The highest BCUT2D eigenvalue weighted by Crippen LogP contribution is 2.35. The van der Waals surface area contributed by atoms with Gasteiger partial charge in [-0.2, -0.15) is 0 Å². The van der Waals surface area contributed by atoms with Crippen molar-refractivity contribution in [3.8, 4) is 0 Å². The molecule has 1 fully saturated rings. The van der Waals surface area contributed by atoms with E-state index in [2.05, 4.69) is 4.98 Å². The number of hydrogen-bond acceptors (Lipinski definition) is 4. The average Bonchev–Trinajstić information content (AvgIpc) is 3.02. The minimum absolute atomic E-state index is 0.0611. The van der Waals surface area contributed by atoms with Gasteiger partial charge < -0.3 is 9.15 Å². The molecular formula is C16H20N2O3. The summed E-state index contributed by atoms with van der Waals surface area (Å²) in [4.78, 5) is 18.3. The average molecular weight is 288 g/mol. The minimum Gasteiger partial charge on any atom is -0.444 e. The molecule has 3 rings (SSSR count). The Labute approximate surface area is 123 Å². The summed E-state index contributed by atoms with van der Waals surface area (Å²) in [5.74, 6) is 0.784. The summed E-state index contributed by atoms with van der Waals surface area (Å²) in [5.41, 5.74) is 0.128. The Kier molecular flexibility index (Phi) is 3.35. The lowest BCUT2D eigenvalue weighted by Gasteiger charge is -2.27. The third-order valence-corrected chi connectivity index (χ3v) is 3.52. The number of likely N-dealkylation sites (tertiary alicyclic amines) is 1. The van der Waals surface area contributed by atoms with Crippen LogP contribution in [-0.2, 0) is 4.74 Å². The quantitative estimate of drug-likeness (QED) is 0.798. The van der Waals surface area contributed by atoms with Crippen LogP contribution in [0.25, 0.3) is 11.1 Å². The minimum atomic E-state index is -0.486. The third kappa shape index (κ3) is 2.86. The highest BCUT2D eigenvalue weighted by atomic mass is 16.6. The molecule has 21 heavy (non-hydrogen) atoms. The van der Waals surface area contributed by atoms with E-state index in [9.17, 15) is 4.79 Å². The van der Waals surface area contributed by atoms with Gasteiger partial charge in [-0.15, -0.1) is 0 Å². The zero-order valence-corrected chi connectivity index (χ0v) is 12.6. The molecule has 0 unspecified atom stereocenters. The van der Waals surface area contributed by atoms with Crippen molar-refractivity contribution in [2.45, 2.75) is 45.3 Å². The molecule has 0 bridgehead atoms. The molecule has 1 amide bonds. The van der Waals surface area contributed by atoms with E-state index in [0.717, 1.165) is 24.0 Å². The highest BCUT2D eigenvalue weighted by molar-refractivity contribution is 5.74. The Bertz CT molecular complexity index is 624. The number of aromatic nitrogens is 1. The van der Waals surface area contributed by atoms with Crippen LogP contribution in [0.3, 0.4) is 0 Å². The van der Waals surface area contributed by atoms with Gasteiger partial charge in [0.15, 0.2) is 0 Å². The number of amides is 1. The van der Waals surface area contributed by atoms with E-state index in [0.29, 0.717) is 12.3 Å². The van der Waals surface area contributed by atoms with E-state index in [1.165, 1.54) is 0 Å². The molecule has 1 atom stereocenters. The summed E-state index contributed by atoms with van der Waals surface area (Å²) in [6.07, 6.45) is 3.27. The number of fused-ring (bicyclic) bond motifs is 1. The normalized spacial score (nSPS) is 19.2. The van der Waals surface area contributed by atoms with Crippen LogP contribution >= 0.6 is 0 Å². The van der Waals surface area contributed by atoms with Crippen LogP contribution in [0.4, 0.5) is 4.79 Å². The van der Waals surface area contributed by atoms with Crippen molar-refractivity contribution in [2.75, 3.05) is 6.54 Å². The van der Waals surface area contributed by atoms with E-state index in [-0.39, 0.29) is 12.1 Å². The van der Waals surface area contributed by atoms with Crippen LogP contribution in [0.1, 0.15) is 45.4 Å². The summed E-state index contributed by atoms with van der Waals surface area (Å²) >= 11 is 0. The summed E-state index contributed by atoms with van der Waals surface area (Å²) in [6.45, 7) is 6.33. The van der Waals surface area contributed by atoms with E-state index in [1.807, 2.05) is 39.0 Å². The highest BCUT2D eigenvalue weighted by Gasteiger charge is 2.35. The summed E-state index contributed by atoms with van der Waals surface area (Å²) < 4.78 is 11.3. The molecule has 0 aromatic carbocycles. The lowest BCUT2D eigenvalue weighted by molar-refractivity contribution is 0.0209. The van der Waals surface area contributed by atoms with Crippen molar-refractivity contribution < 1.29 is 13.9 Å². The smallest absolute Gasteiger partial charge is 0.410 e. The molecular weight excluding hydrogens is 268 g/mol. The van der Waals surface area contributed by atoms with Gasteiger partial charge in [0.05, 0.1) is 6.04 Å². The van der Waals surface area contributed by atoms with Crippen molar-refractivity contribution in [1.29, 1.82) is 0 Å². The number of carbonyl (C=O) groups is 1. The lowest BCUT2D eigenvalue weighted by Crippen LogP contribution is -2.36. The van der Waals surface area contributed by atoms with Crippen LogP contribution in [0.5, 0.6) is 0 Å². The topological polar surface area (TPSA) is 55.6 Å². The molecule has 0 aliphatic carbocycles. The molecule has 2 aromatic rings. The fourth-order valence-electron chi connectivity index (χ4n) is 2.66. The predicted molar refractivity (Wildman–Crippen MR) is 78.9 cm³/mol. The molecule has 0 N–H and O–H groups in total. The number of carbonyl (C=O) groups excluding carboxylic acids is 1. The first-order valence-corrected chi connectivity index (χ1v) is 7.28. The zero-order valence-electron chi connectivity index (χ0n) is 12.6. The second-order valence-corrected chi connectivity index (χ2v) is 6.38. The van der Waals surface area contributed by atoms with E-state index >= 15 is 0 Å². The predicted octanol–water partition coefficient (Wildman–Crippen LogP) is 3.90. The molecule has 5 heteroatoms. The Morgan fingerprint density at radius 3 is 3.00 bits per heavy atom. The maximum atomic E-state index is 12.3. The van der Waals surface area contributed by atoms with Gasteiger partial charge >= 0.3 is 6.09 Å². The van der Waals surface area contributed by atoms with E-state index in [1.54, 1.807) is 11.1 Å². The first-order valence-electron chi connectivity index (χ1n) is 7.28. The van der Waals surface area contributed by atoms with Crippen LogP contribution in [-0.4, -0.2) is 28.1 Å². The number of ether oxygens (including phenoxy) is 1. The molecule has 3 heterocycles. The van der Waals surface area contributed by atoms with Gasteiger partial charge in [-0.1, -0.05) is 0 Å². The van der Waals surface area contributed by atoms with Gasteiger partial charge in [-0.05, 0) is 51.8 Å². The summed E-state index contributed by atoms with van der Waals surface area (Å²) in [6, 6.07) is 5.74. The number of pyridine rings is 1. The van der Waals surface area contributed by atoms with E-state index < -0.39 is 5.60 Å². The largest absolute Gasteiger partial charge is 0.444 e. The first kappa shape index (κ1) is 13.9. The second-order valence-electron chi connectivity index (χ2n) is 6.38. The number of hydrogen-bond donors (Lipinski definition) is 0. The molecule has 2 aromatic heterocycles. The zero-order chi connectivity index (χ0) is 15.0. The molecule has 1 aliphatic heterocycles. The van der Waals surface area contributed by atoms with Gasteiger partial charge in [0, 0.05) is 18.1 Å². The standard InChI is InChI=1S/C16H20N2O3/c1-16(2,3)21-15(19)18-9-5-7-12(18)13-10-11-6-4-8-17-14(11)20-13/h4,6,8,10,12H,5,7,9H2,1-3H3/t12-/m0/s1. The fourth-order valence-corrected chi connectivity index (χ4v) is 2.66. The van der Waals surface area contributed by atoms with Crippen molar-refractivity contribution in [1.82, 2.24) is 9.88 Å². The first-order chi connectivity index (χ1) is 9.94. The maximum absolute atomic E-state index is 12.3. The fraction of sp³-hybridized carbons (Fsp3) is 0.500. The van der Waals surface area contributed by atoms with Crippen molar-refractivity contribution in [3.05, 3.63) is 30.2 Å². The van der Waals surface area contributed by atoms with Crippen LogP contribution in [0.2, 0.25) is 0 Å². The monoisotopic (exact) mass is 288 g/mol. The molecule has 5 nitrogen and oxygen atoms in total. The Balaban J connectivity index is 1.85. The number of furan rings is 1. The van der Waals surface area contributed by atoms with Gasteiger partial charge in [0.2, 0.25) is 5.71 Å². The second kappa shape index (κ2) is 5.06. The number of nitrogens with zero attached hydrogens (tertiary/aromatic N) is 2. The van der Waals surface area contributed by atoms with Crippen molar-refractivity contribution >= 4 is 17.2 Å². The van der Waals surface area contributed by atoms with Gasteiger partial charge in [-0.3, -0.25) is 4.90 Å². The Morgan fingerprint density at radius 2 is 2.29 bits per heavy atom. The molecule has 1 saturated heterocycles. The molecule has 0 spiro atoms. The Morgan fingerprint density at radius 1 is 1.48 bits per heavy atom. The summed E-state index contributed by atoms with van der Waals surface area (Å²) in [7, 11) is 0. The molecule has 1 aliphatic rings. The number of rotatable bonds is 1. The Hall–Kier alpha value is -2.04.